The standard InChI is InChI=1S/C25H29N5O2S/c1-6-14-30-23(19(5)26-24(32)20-13-8-7-10-16(20)2)28-29-25(30)33-15-21(31)27-22-17(3)11-9-12-18(22)4/h6-13,19H,1,14-15H2,2-5H3,(H,26,32)(H,27,31). The minimum atomic E-state index is -0.373. The van der Waals surface area contributed by atoms with Gasteiger partial charge in [0.2, 0.25) is 5.91 Å². The van der Waals surface area contributed by atoms with E-state index in [9.17, 15) is 9.59 Å². The minimum Gasteiger partial charge on any atom is -0.342 e. The molecular weight excluding hydrogens is 434 g/mol. The monoisotopic (exact) mass is 463 g/mol. The van der Waals surface area contributed by atoms with Gasteiger partial charge in [-0.2, -0.15) is 0 Å². The largest absolute Gasteiger partial charge is 0.342 e. The molecule has 2 amide bonds. The van der Waals surface area contributed by atoms with Gasteiger partial charge in [-0.15, -0.1) is 16.8 Å². The molecule has 0 spiro atoms. The lowest BCUT2D eigenvalue weighted by Crippen LogP contribution is -2.29. The van der Waals surface area contributed by atoms with Crippen molar-refractivity contribution in [1.29, 1.82) is 0 Å². The number of amides is 2. The molecule has 2 N–H and O–H groups in total. The third-order valence-electron chi connectivity index (χ3n) is 5.26. The maximum atomic E-state index is 12.7. The Kier molecular flexibility index (Phi) is 8.06. The van der Waals surface area contributed by atoms with Crippen molar-refractivity contribution in [2.75, 3.05) is 11.1 Å². The maximum Gasteiger partial charge on any atom is 0.252 e. The van der Waals surface area contributed by atoms with Crippen molar-refractivity contribution in [2.45, 2.75) is 45.4 Å². The fourth-order valence-corrected chi connectivity index (χ4v) is 4.27. The van der Waals surface area contributed by atoms with E-state index in [0.29, 0.717) is 23.1 Å². The van der Waals surface area contributed by atoms with Gasteiger partial charge in [0, 0.05) is 17.8 Å². The van der Waals surface area contributed by atoms with Gasteiger partial charge >= 0.3 is 0 Å². The highest BCUT2D eigenvalue weighted by Gasteiger charge is 2.21. The number of nitrogens with one attached hydrogen (secondary N) is 2. The van der Waals surface area contributed by atoms with Crippen molar-refractivity contribution in [3.8, 4) is 0 Å². The molecule has 3 aromatic rings. The van der Waals surface area contributed by atoms with Crippen molar-refractivity contribution in [2.24, 2.45) is 0 Å². The Bertz CT molecular complexity index is 1150. The number of carbonyl (C=O) groups is 2. The Morgan fingerprint density at radius 2 is 1.73 bits per heavy atom. The lowest BCUT2D eigenvalue weighted by atomic mass is 10.1. The van der Waals surface area contributed by atoms with E-state index in [4.69, 9.17) is 0 Å². The zero-order valence-electron chi connectivity index (χ0n) is 19.4. The summed E-state index contributed by atoms with van der Waals surface area (Å²) in [5.41, 5.74) is 4.40. The summed E-state index contributed by atoms with van der Waals surface area (Å²) in [6.07, 6.45) is 1.74. The number of allylic oxidation sites excluding steroid dienone is 1. The average molecular weight is 464 g/mol. The highest BCUT2D eigenvalue weighted by molar-refractivity contribution is 7.99. The van der Waals surface area contributed by atoms with Gasteiger partial charge in [-0.25, -0.2) is 0 Å². The first-order valence-corrected chi connectivity index (χ1v) is 11.7. The second-order valence-corrected chi connectivity index (χ2v) is 8.80. The van der Waals surface area contributed by atoms with E-state index in [-0.39, 0.29) is 23.6 Å². The molecule has 0 saturated heterocycles. The number of thioether (sulfide) groups is 1. The van der Waals surface area contributed by atoms with Gasteiger partial charge in [0.15, 0.2) is 11.0 Å². The molecule has 2 aromatic carbocycles. The molecule has 33 heavy (non-hydrogen) atoms. The van der Waals surface area contributed by atoms with Gasteiger partial charge in [-0.3, -0.25) is 9.59 Å². The van der Waals surface area contributed by atoms with E-state index in [1.807, 2.05) is 68.7 Å². The normalized spacial score (nSPS) is 11.6. The number of hydrogen-bond donors (Lipinski definition) is 2. The van der Waals surface area contributed by atoms with E-state index in [0.717, 1.165) is 22.4 Å². The fraction of sp³-hybridized carbons (Fsp3) is 0.280. The third-order valence-corrected chi connectivity index (χ3v) is 6.23. The van der Waals surface area contributed by atoms with Crippen LogP contribution in [0.1, 0.15) is 45.8 Å². The fourth-order valence-electron chi connectivity index (χ4n) is 3.51. The maximum absolute atomic E-state index is 12.7. The van der Waals surface area contributed by atoms with Gasteiger partial charge in [-0.1, -0.05) is 54.2 Å². The molecule has 0 aliphatic rings. The number of hydrogen-bond acceptors (Lipinski definition) is 5. The predicted octanol–water partition coefficient (Wildman–Crippen LogP) is 4.61. The van der Waals surface area contributed by atoms with Crippen molar-refractivity contribution in [3.63, 3.8) is 0 Å². The number of aromatic nitrogens is 3. The first-order chi connectivity index (χ1) is 15.8. The molecule has 0 fully saturated rings. The molecule has 3 rings (SSSR count). The van der Waals surface area contributed by atoms with Gasteiger partial charge in [0.25, 0.3) is 5.91 Å². The number of benzene rings is 2. The molecule has 1 unspecified atom stereocenters. The first kappa shape index (κ1) is 24.3. The van der Waals surface area contributed by atoms with E-state index < -0.39 is 0 Å². The summed E-state index contributed by atoms with van der Waals surface area (Å²) in [6.45, 7) is 12.0. The molecule has 0 bridgehead atoms. The second-order valence-electron chi connectivity index (χ2n) is 7.85. The van der Waals surface area contributed by atoms with Crippen LogP contribution in [0.3, 0.4) is 0 Å². The lowest BCUT2D eigenvalue weighted by molar-refractivity contribution is -0.113. The summed E-state index contributed by atoms with van der Waals surface area (Å²) in [5.74, 6) is 0.505. The van der Waals surface area contributed by atoms with E-state index in [1.54, 1.807) is 12.1 Å². The Morgan fingerprint density at radius 3 is 2.39 bits per heavy atom. The van der Waals surface area contributed by atoms with Crippen LogP contribution in [-0.2, 0) is 11.3 Å². The van der Waals surface area contributed by atoms with Gasteiger partial charge in [-0.05, 0) is 50.5 Å². The first-order valence-electron chi connectivity index (χ1n) is 10.7. The number of rotatable bonds is 9. The quantitative estimate of drug-likeness (QED) is 0.357. The number of anilines is 1. The predicted molar refractivity (Wildman–Crippen MR) is 133 cm³/mol. The number of para-hydroxylation sites is 1. The SMILES string of the molecule is C=CCn1c(SCC(=O)Nc2c(C)cccc2C)nnc1C(C)NC(=O)c1ccccc1C. The molecule has 0 aliphatic heterocycles. The zero-order chi connectivity index (χ0) is 24.0. The molecule has 0 radical (unpaired) electrons. The second kappa shape index (κ2) is 11.0. The molecule has 0 saturated carbocycles. The van der Waals surface area contributed by atoms with Crippen LogP contribution in [-0.4, -0.2) is 32.3 Å². The van der Waals surface area contributed by atoms with Crippen molar-refractivity contribution < 1.29 is 9.59 Å². The molecular formula is C25H29N5O2S. The van der Waals surface area contributed by atoms with Crippen LogP contribution in [0.5, 0.6) is 0 Å². The average Bonchev–Trinajstić information content (AvgIpc) is 3.18. The number of aryl methyl sites for hydroxylation is 3. The molecule has 1 heterocycles. The summed E-state index contributed by atoms with van der Waals surface area (Å²) in [6, 6.07) is 13.0. The highest BCUT2D eigenvalue weighted by atomic mass is 32.2. The Balaban J connectivity index is 1.69. The number of nitrogens with zero attached hydrogens (tertiary/aromatic N) is 3. The molecule has 8 heteroatoms. The van der Waals surface area contributed by atoms with E-state index in [1.165, 1.54) is 11.8 Å². The smallest absolute Gasteiger partial charge is 0.252 e. The summed E-state index contributed by atoms with van der Waals surface area (Å²) < 4.78 is 1.87. The number of carbonyl (C=O) groups excluding carboxylic acids is 2. The molecule has 1 aromatic heterocycles. The molecule has 0 aliphatic carbocycles. The summed E-state index contributed by atoms with van der Waals surface area (Å²) >= 11 is 1.30. The highest BCUT2D eigenvalue weighted by Crippen LogP contribution is 2.23. The lowest BCUT2D eigenvalue weighted by Gasteiger charge is -2.16. The Labute approximate surface area is 198 Å². The molecule has 7 nitrogen and oxygen atoms in total. The topological polar surface area (TPSA) is 88.9 Å². The van der Waals surface area contributed by atoms with Crippen molar-refractivity contribution in [1.82, 2.24) is 20.1 Å². The van der Waals surface area contributed by atoms with Gasteiger partial charge < -0.3 is 15.2 Å². The molecule has 172 valence electrons. The van der Waals surface area contributed by atoms with Crippen LogP contribution in [0.4, 0.5) is 5.69 Å². The molecule has 1 atom stereocenters. The van der Waals surface area contributed by atoms with Crippen molar-refractivity contribution >= 4 is 29.3 Å². The summed E-state index contributed by atoms with van der Waals surface area (Å²) in [5, 5.41) is 15.1. The van der Waals surface area contributed by atoms with Crippen LogP contribution in [0.15, 0.2) is 60.3 Å². The van der Waals surface area contributed by atoms with E-state index >= 15 is 0 Å². The third kappa shape index (κ3) is 5.90. The van der Waals surface area contributed by atoms with Crippen LogP contribution in [0.2, 0.25) is 0 Å². The summed E-state index contributed by atoms with van der Waals surface area (Å²) in [4.78, 5) is 25.3. The van der Waals surface area contributed by atoms with Crippen LogP contribution in [0.25, 0.3) is 0 Å². The Morgan fingerprint density at radius 1 is 1.06 bits per heavy atom. The van der Waals surface area contributed by atoms with Gasteiger partial charge in [0.1, 0.15) is 0 Å². The zero-order valence-corrected chi connectivity index (χ0v) is 20.2. The van der Waals surface area contributed by atoms with Crippen LogP contribution < -0.4 is 10.6 Å². The van der Waals surface area contributed by atoms with Crippen LogP contribution in [0, 0.1) is 20.8 Å². The minimum absolute atomic E-state index is 0.118. The van der Waals surface area contributed by atoms with Crippen LogP contribution >= 0.6 is 11.8 Å². The van der Waals surface area contributed by atoms with Gasteiger partial charge in [0.05, 0.1) is 11.8 Å². The Hall–Kier alpha value is -3.39. The van der Waals surface area contributed by atoms with E-state index in [2.05, 4.69) is 27.4 Å². The van der Waals surface area contributed by atoms with Crippen molar-refractivity contribution in [3.05, 3.63) is 83.2 Å². The summed E-state index contributed by atoms with van der Waals surface area (Å²) in [7, 11) is 0.